The van der Waals surface area contributed by atoms with E-state index in [9.17, 15) is 5.11 Å². The summed E-state index contributed by atoms with van der Waals surface area (Å²) in [4.78, 5) is 4.32. The number of pyridine rings is 1. The Morgan fingerprint density at radius 1 is 1.33 bits per heavy atom. The largest absolute Gasteiger partial charge is 0.481 e. The molecule has 0 amide bonds. The molecule has 1 atom stereocenters. The molecule has 5 heteroatoms. The summed E-state index contributed by atoms with van der Waals surface area (Å²) in [5, 5.41) is 13.4. The van der Waals surface area contributed by atoms with Gasteiger partial charge in [0.05, 0.1) is 13.2 Å². The van der Waals surface area contributed by atoms with E-state index < -0.39 is 0 Å². The van der Waals surface area contributed by atoms with Crippen molar-refractivity contribution in [3.63, 3.8) is 0 Å². The van der Waals surface area contributed by atoms with Crippen molar-refractivity contribution < 1.29 is 14.6 Å². The first kappa shape index (κ1) is 14.8. The van der Waals surface area contributed by atoms with Gasteiger partial charge in [-0.05, 0) is 37.2 Å². The van der Waals surface area contributed by atoms with Crippen LogP contribution in [0.15, 0.2) is 18.3 Å². The topological polar surface area (TPSA) is 63.6 Å². The molecule has 0 radical (unpaired) electrons. The second-order valence-corrected chi connectivity index (χ2v) is 6.05. The lowest BCUT2D eigenvalue weighted by Crippen LogP contribution is -2.44. The van der Waals surface area contributed by atoms with E-state index >= 15 is 0 Å². The lowest BCUT2D eigenvalue weighted by atomic mass is 9.75. The summed E-state index contributed by atoms with van der Waals surface area (Å²) < 4.78 is 10.6. The van der Waals surface area contributed by atoms with Crippen molar-refractivity contribution in [2.24, 2.45) is 5.92 Å². The number of nitrogens with zero attached hydrogens (tertiary/aromatic N) is 1. The van der Waals surface area contributed by atoms with Crippen molar-refractivity contribution in [2.45, 2.75) is 43.9 Å². The smallest absolute Gasteiger partial charge is 0.212 e. The first-order chi connectivity index (χ1) is 10.3. The fourth-order valence-corrected chi connectivity index (χ4v) is 3.22. The summed E-state index contributed by atoms with van der Waals surface area (Å²) in [7, 11) is 1.63. The monoisotopic (exact) mass is 292 g/mol. The Morgan fingerprint density at radius 3 is 2.67 bits per heavy atom. The standard InChI is InChI=1S/C16H24N2O3/c1-20-15-3-2-11(10-17-15)16(12-8-14(19)9-12)18-13-4-6-21-7-5-13/h2-3,10,12-14,16,18-19H,4-9H2,1H3/t12?,14?,16-/m1/s1. The number of hydrogen-bond acceptors (Lipinski definition) is 5. The fourth-order valence-electron chi connectivity index (χ4n) is 3.22. The number of aromatic nitrogens is 1. The Bertz CT molecular complexity index is 439. The maximum absolute atomic E-state index is 9.62. The molecule has 2 N–H and O–H groups in total. The van der Waals surface area contributed by atoms with E-state index in [2.05, 4.69) is 16.4 Å². The second-order valence-electron chi connectivity index (χ2n) is 6.05. The van der Waals surface area contributed by atoms with Crippen molar-refractivity contribution in [1.82, 2.24) is 10.3 Å². The first-order valence-corrected chi connectivity index (χ1v) is 7.78. The van der Waals surface area contributed by atoms with Gasteiger partial charge in [0.2, 0.25) is 5.88 Å². The van der Waals surface area contributed by atoms with Gasteiger partial charge in [-0.1, -0.05) is 6.07 Å². The Balaban J connectivity index is 1.71. The number of rotatable bonds is 5. The van der Waals surface area contributed by atoms with Crippen LogP contribution in [0, 0.1) is 5.92 Å². The van der Waals surface area contributed by atoms with Gasteiger partial charge in [-0.2, -0.15) is 0 Å². The Morgan fingerprint density at radius 2 is 2.10 bits per heavy atom. The molecule has 5 nitrogen and oxygen atoms in total. The van der Waals surface area contributed by atoms with Crippen LogP contribution in [-0.2, 0) is 4.74 Å². The van der Waals surface area contributed by atoms with Crippen LogP contribution in [-0.4, -0.2) is 42.6 Å². The van der Waals surface area contributed by atoms with Crippen LogP contribution in [0.5, 0.6) is 5.88 Å². The number of aliphatic hydroxyl groups is 1. The van der Waals surface area contributed by atoms with E-state index in [1.54, 1.807) is 7.11 Å². The lowest BCUT2D eigenvalue weighted by Gasteiger charge is -2.40. The van der Waals surface area contributed by atoms with Gasteiger partial charge < -0.3 is 19.9 Å². The highest BCUT2D eigenvalue weighted by Gasteiger charge is 2.36. The van der Waals surface area contributed by atoms with Gasteiger partial charge in [0.1, 0.15) is 0 Å². The zero-order chi connectivity index (χ0) is 14.7. The second kappa shape index (κ2) is 6.73. The van der Waals surface area contributed by atoms with Crippen molar-refractivity contribution in [3.8, 4) is 5.88 Å². The molecule has 1 aromatic heterocycles. The summed E-state index contributed by atoms with van der Waals surface area (Å²) in [6.07, 6.45) is 5.59. The van der Waals surface area contributed by atoms with Crippen LogP contribution < -0.4 is 10.1 Å². The highest BCUT2D eigenvalue weighted by Crippen LogP contribution is 2.38. The summed E-state index contributed by atoms with van der Waals surface area (Å²) in [6.45, 7) is 1.66. The van der Waals surface area contributed by atoms with Crippen molar-refractivity contribution >= 4 is 0 Å². The quantitative estimate of drug-likeness (QED) is 0.864. The van der Waals surface area contributed by atoms with Crippen LogP contribution in [0.4, 0.5) is 0 Å². The summed E-state index contributed by atoms with van der Waals surface area (Å²) in [5.74, 6) is 1.12. The fraction of sp³-hybridized carbons (Fsp3) is 0.688. The molecule has 0 spiro atoms. The summed E-state index contributed by atoms with van der Waals surface area (Å²) in [5.41, 5.74) is 1.18. The minimum absolute atomic E-state index is 0.139. The molecule has 2 aliphatic rings. The normalized spacial score (nSPS) is 27.9. The van der Waals surface area contributed by atoms with Gasteiger partial charge in [0.15, 0.2) is 0 Å². The molecule has 0 bridgehead atoms. The number of methoxy groups -OCH3 is 1. The zero-order valence-electron chi connectivity index (χ0n) is 12.5. The van der Waals surface area contributed by atoms with E-state index in [-0.39, 0.29) is 12.1 Å². The van der Waals surface area contributed by atoms with Crippen molar-refractivity contribution in [2.75, 3.05) is 20.3 Å². The van der Waals surface area contributed by atoms with E-state index in [0.29, 0.717) is 17.8 Å². The van der Waals surface area contributed by atoms with E-state index in [1.807, 2.05) is 12.3 Å². The molecule has 1 saturated heterocycles. The lowest BCUT2D eigenvalue weighted by molar-refractivity contribution is 0.0145. The molecular weight excluding hydrogens is 268 g/mol. The molecule has 0 aromatic carbocycles. The average molecular weight is 292 g/mol. The van der Waals surface area contributed by atoms with Crippen LogP contribution in [0.3, 0.4) is 0 Å². The zero-order valence-corrected chi connectivity index (χ0v) is 12.5. The maximum Gasteiger partial charge on any atom is 0.212 e. The third-order valence-electron chi connectivity index (χ3n) is 4.59. The number of ether oxygens (including phenoxy) is 2. The van der Waals surface area contributed by atoms with E-state index in [1.165, 1.54) is 5.56 Å². The predicted octanol–water partition coefficient (Wildman–Crippen LogP) is 1.67. The van der Waals surface area contributed by atoms with Gasteiger partial charge >= 0.3 is 0 Å². The first-order valence-electron chi connectivity index (χ1n) is 7.78. The molecule has 3 rings (SSSR count). The number of nitrogens with one attached hydrogen (secondary N) is 1. The Kier molecular flexibility index (Phi) is 4.73. The summed E-state index contributed by atoms with van der Waals surface area (Å²) in [6, 6.07) is 4.73. The number of aliphatic hydroxyl groups excluding tert-OH is 1. The third-order valence-corrected chi connectivity index (χ3v) is 4.59. The van der Waals surface area contributed by atoms with Crippen LogP contribution >= 0.6 is 0 Å². The van der Waals surface area contributed by atoms with Gasteiger partial charge in [0.25, 0.3) is 0 Å². The number of hydrogen-bond donors (Lipinski definition) is 2. The average Bonchev–Trinajstić information content (AvgIpc) is 2.51. The molecule has 2 heterocycles. The molecule has 1 saturated carbocycles. The Hall–Kier alpha value is -1.17. The third kappa shape index (κ3) is 3.54. The van der Waals surface area contributed by atoms with Crippen LogP contribution in [0.25, 0.3) is 0 Å². The van der Waals surface area contributed by atoms with E-state index in [4.69, 9.17) is 9.47 Å². The van der Waals surface area contributed by atoms with Gasteiger partial charge in [-0.25, -0.2) is 4.98 Å². The SMILES string of the molecule is COc1ccc([C@@H](NC2CCOCC2)C2CC(O)C2)cn1. The minimum atomic E-state index is -0.139. The molecular formula is C16H24N2O3. The molecule has 1 aromatic rings. The minimum Gasteiger partial charge on any atom is -0.481 e. The Labute approximate surface area is 125 Å². The molecule has 2 fully saturated rings. The highest BCUT2D eigenvalue weighted by atomic mass is 16.5. The van der Waals surface area contributed by atoms with E-state index in [0.717, 1.165) is 38.9 Å². The highest BCUT2D eigenvalue weighted by molar-refractivity contribution is 5.22. The van der Waals surface area contributed by atoms with Crippen molar-refractivity contribution in [1.29, 1.82) is 0 Å². The molecule has 116 valence electrons. The van der Waals surface area contributed by atoms with Crippen molar-refractivity contribution in [3.05, 3.63) is 23.9 Å². The predicted molar refractivity (Wildman–Crippen MR) is 79.2 cm³/mol. The molecule has 1 aliphatic heterocycles. The van der Waals surface area contributed by atoms with Gasteiger partial charge in [-0.15, -0.1) is 0 Å². The summed E-state index contributed by atoms with van der Waals surface area (Å²) >= 11 is 0. The van der Waals surface area contributed by atoms with Crippen LogP contribution in [0.1, 0.15) is 37.3 Å². The van der Waals surface area contributed by atoms with Gasteiger partial charge in [-0.3, -0.25) is 0 Å². The molecule has 1 aliphatic carbocycles. The molecule has 0 unspecified atom stereocenters. The maximum atomic E-state index is 9.62. The van der Waals surface area contributed by atoms with Gasteiger partial charge in [0, 0.05) is 37.6 Å². The molecule has 21 heavy (non-hydrogen) atoms. The van der Waals surface area contributed by atoms with Crippen LogP contribution in [0.2, 0.25) is 0 Å².